The van der Waals surface area contributed by atoms with Crippen molar-refractivity contribution in [2.45, 2.75) is 72.1 Å². The highest BCUT2D eigenvalue weighted by Gasteiger charge is 2.29. The van der Waals surface area contributed by atoms with Crippen molar-refractivity contribution in [3.63, 3.8) is 0 Å². The Morgan fingerprint density at radius 2 is 1.72 bits per heavy atom. The standard InChI is InChI=1S/C25H33ClN4O2/c1-8-9-12-27-23(31)32-22-18(25(5,6)7)13-16(24(2,3)4)14-21(22)30-28-19-11-10-17(26)15-20(19)29-30/h10-11,13-15H,8-9,12H2,1-7H3,(H,27,31). The molecule has 3 rings (SSSR count). The fourth-order valence-electron chi connectivity index (χ4n) is 3.35. The van der Waals surface area contributed by atoms with E-state index in [1.807, 2.05) is 12.1 Å². The number of hydrogen-bond donors (Lipinski definition) is 1. The fraction of sp³-hybridized carbons (Fsp3) is 0.480. The van der Waals surface area contributed by atoms with Crippen LogP contribution in [0.2, 0.25) is 5.02 Å². The van der Waals surface area contributed by atoms with E-state index in [2.05, 4.69) is 70.0 Å². The van der Waals surface area contributed by atoms with Gasteiger partial charge in [-0.2, -0.15) is 0 Å². The van der Waals surface area contributed by atoms with Gasteiger partial charge >= 0.3 is 6.09 Å². The molecule has 1 heterocycles. The molecule has 0 saturated carbocycles. The predicted molar refractivity (Wildman–Crippen MR) is 130 cm³/mol. The van der Waals surface area contributed by atoms with Gasteiger partial charge in [0.15, 0.2) is 5.75 Å². The topological polar surface area (TPSA) is 69.0 Å². The van der Waals surface area contributed by atoms with Gasteiger partial charge in [0.05, 0.1) is 0 Å². The second-order valence-electron chi connectivity index (χ2n) is 10.2. The Balaban J connectivity index is 2.22. The Bertz CT molecular complexity index is 1120. The van der Waals surface area contributed by atoms with Crippen LogP contribution in [-0.4, -0.2) is 27.6 Å². The molecule has 0 spiro atoms. The average Bonchev–Trinajstić information content (AvgIpc) is 3.09. The smallest absolute Gasteiger partial charge is 0.408 e. The number of carbonyl (C=O) groups is 1. The van der Waals surface area contributed by atoms with Crippen LogP contribution in [0.25, 0.3) is 16.7 Å². The minimum Gasteiger partial charge on any atom is -0.408 e. The molecule has 0 aliphatic heterocycles. The Morgan fingerprint density at radius 1 is 1.03 bits per heavy atom. The van der Waals surface area contributed by atoms with Gasteiger partial charge in [0.25, 0.3) is 0 Å². The summed E-state index contributed by atoms with van der Waals surface area (Å²) in [6.45, 7) is 15.4. The van der Waals surface area contributed by atoms with Gasteiger partial charge in [-0.25, -0.2) is 4.79 Å². The molecule has 2 aromatic carbocycles. The second-order valence-corrected chi connectivity index (χ2v) is 10.6. The molecule has 0 aliphatic rings. The summed E-state index contributed by atoms with van der Waals surface area (Å²) in [5.74, 6) is 0.464. The number of nitrogens with one attached hydrogen (secondary N) is 1. The number of rotatable bonds is 5. The molecule has 1 amide bonds. The monoisotopic (exact) mass is 456 g/mol. The number of fused-ring (bicyclic) bond motifs is 1. The summed E-state index contributed by atoms with van der Waals surface area (Å²) in [6.07, 6.45) is 1.41. The molecule has 0 atom stereocenters. The van der Waals surface area contributed by atoms with Crippen LogP contribution in [0.5, 0.6) is 5.75 Å². The van der Waals surface area contributed by atoms with Crippen LogP contribution in [-0.2, 0) is 10.8 Å². The number of carbonyl (C=O) groups excluding carboxylic acids is 1. The van der Waals surface area contributed by atoms with Crippen molar-refractivity contribution in [1.82, 2.24) is 20.3 Å². The minimum atomic E-state index is -0.478. The number of amides is 1. The number of benzene rings is 2. The Kier molecular flexibility index (Phi) is 6.84. The van der Waals surface area contributed by atoms with E-state index in [0.29, 0.717) is 34.0 Å². The number of nitrogens with zero attached hydrogens (tertiary/aromatic N) is 3. The van der Waals surface area contributed by atoms with Gasteiger partial charge in [-0.3, -0.25) is 0 Å². The van der Waals surface area contributed by atoms with E-state index >= 15 is 0 Å². The zero-order valence-corrected chi connectivity index (χ0v) is 20.8. The summed E-state index contributed by atoms with van der Waals surface area (Å²) in [5, 5.41) is 12.7. The maximum absolute atomic E-state index is 12.6. The molecule has 6 nitrogen and oxygen atoms in total. The van der Waals surface area contributed by atoms with Gasteiger partial charge < -0.3 is 10.1 Å². The highest BCUT2D eigenvalue weighted by Crippen LogP contribution is 2.40. The first-order valence-corrected chi connectivity index (χ1v) is 11.5. The minimum absolute atomic E-state index is 0.119. The lowest BCUT2D eigenvalue weighted by atomic mass is 9.79. The first-order valence-electron chi connectivity index (χ1n) is 11.1. The molecular weight excluding hydrogens is 424 g/mol. The molecule has 0 aliphatic carbocycles. The second kappa shape index (κ2) is 9.10. The normalized spacial score (nSPS) is 12.2. The van der Waals surface area contributed by atoms with Gasteiger partial charge in [-0.15, -0.1) is 15.0 Å². The molecule has 0 fully saturated rings. The molecule has 7 heteroatoms. The Labute approximate surface area is 195 Å². The van der Waals surface area contributed by atoms with E-state index in [4.69, 9.17) is 16.3 Å². The van der Waals surface area contributed by atoms with Crippen molar-refractivity contribution in [2.75, 3.05) is 6.54 Å². The highest BCUT2D eigenvalue weighted by atomic mass is 35.5. The SMILES string of the molecule is CCCCNC(=O)Oc1c(-n2nc3ccc(Cl)cc3n2)cc(C(C)(C)C)cc1C(C)(C)C. The Hall–Kier alpha value is -2.60. The van der Waals surface area contributed by atoms with E-state index in [1.54, 1.807) is 16.9 Å². The first kappa shape index (κ1) is 24.1. The number of ether oxygens (including phenoxy) is 1. The van der Waals surface area contributed by atoms with E-state index in [9.17, 15) is 4.79 Å². The van der Waals surface area contributed by atoms with Crippen LogP contribution in [0.3, 0.4) is 0 Å². The number of unbranched alkanes of at least 4 members (excludes halogenated alkanes) is 1. The number of aromatic nitrogens is 3. The third kappa shape index (κ3) is 5.41. The molecule has 3 aromatic rings. The lowest BCUT2D eigenvalue weighted by Crippen LogP contribution is -2.30. The van der Waals surface area contributed by atoms with Crippen molar-refractivity contribution in [3.05, 3.63) is 46.5 Å². The number of hydrogen-bond acceptors (Lipinski definition) is 4. The summed E-state index contributed by atoms with van der Waals surface area (Å²) in [7, 11) is 0. The average molecular weight is 457 g/mol. The van der Waals surface area contributed by atoms with Crippen LogP contribution < -0.4 is 10.1 Å². The quantitative estimate of drug-likeness (QED) is 0.441. The largest absolute Gasteiger partial charge is 0.412 e. The zero-order valence-electron chi connectivity index (χ0n) is 20.0. The summed E-state index contributed by atoms with van der Waals surface area (Å²) < 4.78 is 5.91. The molecule has 0 bridgehead atoms. The third-order valence-corrected chi connectivity index (χ3v) is 5.53. The van der Waals surface area contributed by atoms with Crippen molar-refractivity contribution >= 4 is 28.7 Å². The lowest BCUT2D eigenvalue weighted by Gasteiger charge is -2.28. The van der Waals surface area contributed by atoms with Crippen LogP contribution in [0.1, 0.15) is 72.4 Å². The van der Waals surface area contributed by atoms with Crippen molar-refractivity contribution in [1.29, 1.82) is 0 Å². The summed E-state index contributed by atoms with van der Waals surface area (Å²) in [4.78, 5) is 14.2. The third-order valence-electron chi connectivity index (χ3n) is 5.30. The van der Waals surface area contributed by atoms with Crippen LogP contribution >= 0.6 is 11.6 Å². The maximum Gasteiger partial charge on any atom is 0.412 e. The molecule has 0 unspecified atom stereocenters. The number of halogens is 1. The molecule has 172 valence electrons. The van der Waals surface area contributed by atoms with Crippen LogP contribution in [0, 0.1) is 0 Å². The van der Waals surface area contributed by atoms with Crippen molar-refractivity contribution in [3.8, 4) is 11.4 Å². The molecule has 0 saturated heterocycles. The molecule has 1 aromatic heterocycles. The summed E-state index contributed by atoms with van der Waals surface area (Å²) in [5.41, 5.74) is 3.65. The van der Waals surface area contributed by atoms with Gasteiger partial charge in [0.2, 0.25) is 0 Å². The summed E-state index contributed by atoms with van der Waals surface area (Å²) in [6, 6.07) is 9.52. The summed E-state index contributed by atoms with van der Waals surface area (Å²) >= 11 is 6.15. The van der Waals surface area contributed by atoms with Gasteiger partial charge in [0, 0.05) is 17.1 Å². The van der Waals surface area contributed by atoms with E-state index in [-0.39, 0.29) is 10.8 Å². The first-order chi connectivity index (χ1) is 14.9. The Morgan fingerprint density at radius 3 is 2.34 bits per heavy atom. The molecule has 0 radical (unpaired) electrons. The maximum atomic E-state index is 12.6. The van der Waals surface area contributed by atoms with Crippen LogP contribution in [0.4, 0.5) is 4.79 Å². The van der Waals surface area contributed by atoms with Crippen molar-refractivity contribution < 1.29 is 9.53 Å². The van der Waals surface area contributed by atoms with E-state index in [1.165, 1.54) is 0 Å². The van der Waals surface area contributed by atoms with Gasteiger partial charge in [0.1, 0.15) is 16.7 Å². The van der Waals surface area contributed by atoms with Gasteiger partial charge in [-0.1, -0.05) is 72.6 Å². The zero-order chi connectivity index (χ0) is 23.7. The van der Waals surface area contributed by atoms with E-state index < -0.39 is 6.09 Å². The van der Waals surface area contributed by atoms with Gasteiger partial charge in [-0.05, 0) is 47.1 Å². The predicted octanol–water partition coefficient (Wildman–Crippen LogP) is 6.56. The molecule has 32 heavy (non-hydrogen) atoms. The van der Waals surface area contributed by atoms with Crippen molar-refractivity contribution in [2.24, 2.45) is 0 Å². The highest BCUT2D eigenvalue weighted by molar-refractivity contribution is 6.31. The lowest BCUT2D eigenvalue weighted by molar-refractivity contribution is 0.199. The fourth-order valence-corrected chi connectivity index (χ4v) is 3.52. The van der Waals surface area contributed by atoms with Crippen LogP contribution in [0.15, 0.2) is 30.3 Å². The van der Waals surface area contributed by atoms with E-state index in [0.717, 1.165) is 24.0 Å². The molecule has 1 N–H and O–H groups in total. The molecular formula is C25H33ClN4O2.